The summed E-state index contributed by atoms with van der Waals surface area (Å²) >= 11 is 5.90. The number of hydrogen-bond donors (Lipinski definition) is 0. The Hall–Kier alpha value is -1.10. The molecule has 4 nitrogen and oxygen atoms in total. The van der Waals surface area contributed by atoms with Gasteiger partial charge in [-0.15, -0.1) is 11.3 Å². The quantitative estimate of drug-likeness (QED) is 0.599. The molecule has 0 spiro atoms. The summed E-state index contributed by atoms with van der Waals surface area (Å²) in [4.78, 5) is 20.9. The highest BCUT2D eigenvalue weighted by Crippen LogP contribution is 2.20. The van der Waals surface area contributed by atoms with E-state index in [0.717, 1.165) is 5.69 Å². The van der Waals surface area contributed by atoms with E-state index >= 15 is 0 Å². The Bertz CT molecular complexity index is 396. The predicted molar refractivity (Wildman–Crippen MR) is 64.5 cm³/mol. The Balaban J connectivity index is 2.81. The van der Waals surface area contributed by atoms with Crippen molar-refractivity contribution in [2.24, 2.45) is 4.99 Å². The summed E-state index contributed by atoms with van der Waals surface area (Å²) in [5, 5.41) is 4.86. The van der Waals surface area contributed by atoms with E-state index in [1.165, 1.54) is 18.3 Å². The lowest BCUT2D eigenvalue weighted by atomic mass is 10.5. The molecule has 0 aliphatic heterocycles. The van der Waals surface area contributed by atoms with Crippen molar-refractivity contribution in [3.8, 4) is 0 Å². The van der Waals surface area contributed by atoms with Gasteiger partial charge in [-0.1, -0.05) is 0 Å². The molecule has 0 fully saturated rings. The molecular weight excluding hydrogens is 230 g/mol. The van der Waals surface area contributed by atoms with Crippen LogP contribution in [0.4, 0.5) is 5.13 Å². The van der Waals surface area contributed by atoms with Gasteiger partial charge in [-0.2, -0.15) is 0 Å². The molecule has 1 aromatic rings. The zero-order valence-corrected chi connectivity index (χ0v) is 10.2. The molecule has 80 valence electrons. The van der Waals surface area contributed by atoms with Crippen molar-refractivity contribution in [3.63, 3.8) is 0 Å². The van der Waals surface area contributed by atoms with Crippen LogP contribution in [0.15, 0.2) is 10.4 Å². The number of anilines is 1. The first kappa shape index (κ1) is 12.0. The second-order valence-electron chi connectivity index (χ2n) is 2.79. The molecule has 0 bridgehead atoms. The van der Waals surface area contributed by atoms with Gasteiger partial charge < -0.3 is 0 Å². The van der Waals surface area contributed by atoms with Gasteiger partial charge >= 0.3 is 0 Å². The summed E-state index contributed by atoms with van der Waals surface area (Å²) < 4.78 is 0. The smallest absolute Gasteiger partial charge is 0.225 e. The van der Waals surface area contributed by atoms with Crippen molar-refractivity contribution in [3.05, 3.63) is 11.1 Å². The van der Waals surface area contributed by atoms with Crippen molar-refractivity contribution in [2.45, 2.75) is 20.4 Å². The van der Waals surface area contributed by atoms with Gasteiger partial charge in [0.15, 0.2) is 5.13 Å². The normalized spacial score (nSPS) is 9.47. The second kappa shape index (κ2) is 5.70. The van der Waals surface area contributed by atoms with Crippen molar-refractivity contribution in [1.82, 2.24) is 4.98 Å². The van der Waals surface area contributed by atoms with Crippen LogP contribution in [-0.4, -0.2) is 22.6 Å². The lowest BCUT2D eigenvalue weighted by molar-refractivity contribution is -0.116. The van der Waals surface area contributed by atoms with Crippen LogP contribution < -0.4 is 4.90 Å². The number of nitrogens with zero attached hydrogens (tertiary/aromatic N) is 3. The molecule has 0 radical (unpaired) electrons. The number of thiazole rings is 1. The minimum atomic E-state index is -0.00302. The van der Waals surface area contributed by atoms with E-state index in [9.17, 15) is 4.79 Å². The van der Waals surface area contributed by atoms with Crippen molar-refractivity contribution < 1.29 is 4.79 Å². The van der Waals surface area contributed by atoms with Crippen molar-refractivity contribution in [2.75, 3.05) is 11.4 Å². The number of thiocarbonyl (C=S) groups is 1. The van der Waals surface area contributed by atoms with Crippen LogP contribution in [0.2, 0.25) is 0 Å². The van der Waals surface area contributed by atoms with Gasteiger partial charge in [0.1, 0.15) is 0 Å². The van der Waals surface area contributed by atoms with Crippen LogP contribution in [0.5, 0.6) is 0 Å². The Morgan fingerprint density at radius 1 is 1.80 bits per heavy atom. The first-order valence-corrected chi connectivity index (χ1v) is 5.74. The molecule has 0 saturated heterocycles. The van der Waals surface area contributed by atoms with E-state index in [0.29, 0.717) is 18.2 Å². The Kier molecular flexibility index (Phi) is 4.55. The highest BCUT2D eigenvalue weighted by molar-refractivity contribution is 7.78. The lowest BCUT2D eigenvalue weighted by Crippen LogP contribution is -2.27. The molecule has 0 saturated carbocycles. The molecule has 6 heteroatoms. The van der Waals surface area contributed by atoms with Gasteiger partial charge in [0, 0.05) is 18.8 Å². The van der Waals surface area contributed by atoms with Gasteiger partial charge in [-0.3, -0.25) is 9.69 Å². The van der Waals surface area contributed by atoms with Crippen LogP contribution in [-0.2, 0) is 11.3 Å². The Morgan fingerprint density at radius 3 is 3.07 bits per heavy atom. The number of aromatic nitrogens is 1. The van der Waals surface area contributed by atoms with Crippen molar-refractivity contribution >= 4 is 39.8 Å². The highest BCUT2D eigenvalue weighted by Gasteiger charge is 2.12. The topological polar surface area (TPSA) is 45.6 Å². The van der Waals surface area contributed by atoms with Crippen LogP contribution >= 0.6 is 23.6 Å². The van der Waals surface area contributed by atoms with E-state index < -0.39 is 0 Å². The fraction of sp³-hybridized carbons (Fsp3) is 0.444. The monoisotopic (exact) mass is 241 g/mol. The minimum Gasteiger partial charge on any atom is -0.289 e. The third-order valence-corrected chi connectivity index (χ3v) is 2.81. The van der Waals surface area contributed by atoms with Gasteiger partial charge in [-0.25, -0.2) is 9.98 Å². The number of aliphatic imine (C=N–C) groups is 1. The van der Waals surface area contributed by atoms with E-state index in [2.05, 4.69) is 27.4 Å². The second-order valence-corrected chi connectivity index (χ2v) is 3.81. The molecule has 1 rings (SSSR count). The molecule has 0 N–H and O–H groups in total. The molecule has 1 heterocycles. The maximum absolute atomic E-state index is 11.2. The molecule has 0 aliphatic carbocycles. The van der Waals surface area contributed by atoms with Crippen molar-refractivity contribution in [1.29, 1.82) is 0 Å². The summed E-state index contributed by atoms with van der Waals surface area (Å²) in [5.74, 6) is -0.00302. The number of isothiocyanates is 1. The number of rotatable bonds is 4. The van der Waals surface area contributed by atoms with Crippen LogP contribution in [0.1, 0.15) is 19.5 Å². The molecule has 1 aromatic heterocycles. The number of hydrogen-bond acceptors (Lipinski definition) is 5. The fourth-order valence-corrected chi connectivity index (χ4v) is 2.09. The standard InChI is InChI=1S/C9H11N3OS2/c1-3-12(7(2)13)9-11-8(5-15-9)4-10-6-14/h5H,3-4H2,1-2H3. The van der Waals surface area contributed by atoms with Crippen LogP contribution in [0, 0.1) is 0 Å². The zero-order chi connectivity index (χ0) is 11.3. The van der Waals surface area contributed by atoms with Gasteiger partial charge in [0.25, 0.3) is 0 Å². The zero-order valence-electron chi connectivity index (χ0n) is 8.56. The highest BCUT2D eigenvalue weighted by atomic mass is 32.1. The largest absolute Gasteiger partial charge is 0.289 e. The Morgan fingerprint density at radius 2 is 2.53 bits per heavy atom. The van der Waals surface area contributed by atoms with Gasteiger partial charge in [0.2, 0.25) is 5.91 Å². The van der Waals surface area contributed by atoms with E-state index in [1.54, 1.807) is 4.90 Å². The van der Waals surface area contributed by atoms with E-state index in [4.69, 9.17) is 0 Å². The SMILES string of the molecule is CCN(C(C)=O)c1nc(CN=C=S)cs1. The van der Waals surface area contributed by atoms with Gasteiger partial charge in [0.05, 0.1) is 17.4 Å². The average molecular weight is 241 g/mol. The van der Waals surface area contributed by atoms with E-state index in [-0.39, 0.29) is 5.91 Å². The first-order chi connectivity index (χ1) is 7.19. The molecule has 1 amide bonds. The number of amides is 1. The third-order valence-electron chi connectivity index (χ3n) is 1.77. The van der Waals surface area contributed by atoms with Crippen LogP contribution in [0.25, 0.3) is 0 Å². The van der Waals surface area contributed by atoms with Gasteiger partial charge in [-0.05, 0) is 19.1 Å². The molecule has 0 aromatic carbocycles. The third kappa shape index (κ3) is 3.20. The molecule has 0 aliphatic rings. The maximum Gasteiger partial charge on any atom is 0.225 e. The summed E-state index contributed by atoms with van der Waals surface area (Å²) in [5.41, 5.74) is 0.812. The Labute approximate surface area is 97.7 Å². The summed E-state index contributed by atoms with van der Waals surface area (Å²) in [6.45, 7) is 4.49. The fourth-order valence-electron chi connectivity index (χ4n) is 1.10. The average Bonchev–Trinajstić information content (AvgIpc) is 2.64. The molecule has 0 unspecified atom stereocenters. The molecule has 15 heavy (non-hydrogen) atoms. The molecular formula is C9H11N3OS2. The lowest BCUT2D eigenvalue weighted by Gasteiger charge is -2.14. The number of carbonyl (C=O) groups excluding carboxylic acids is 1. The number of carbonyl (C=O) groups is 1. The maximum atomic E-state index is 11.2. The van der Waals surface area contributed by atoms with Crippen LogP contribution in [0.3, 0.4) is 0 Å². The minimum absolute atomic E-state index is 0.00302. The summed E-state index contributed by atoms with van der Waals surface area (Å²) in [6, 6.07) is 0. The summed E-state index contributed by atoms with van der Waals surface area (Å²) in [7, 11) is 0. The summed E-state index contributed by atoms with van der Waals surface area (Å²) in [6.07, 6.45) is 0. The molecule has 0 atom stereocenters. The first-order valence-electron chi connectivity index (χ1n) is 4.45. The predicted octanol–water partition coefficient (Wildman–Crippen LogP) is 2.12. The van der Waals surface area contributed by atoms with E-state index in [1.807, 2.05) is 12.3 Å².